The Balaban J connectivity index is 2.21. The smallest absolute Gasteiger partial charge is 0.0576 e. The van der Waals surface area contributed by atoms with Gasteiger partial charge in [-0.05, 0) is 38.1 Å². The van der Waals surface area contributed by atoms with E-state index in [0.29, 0.717) is 18.4 Å². The van der Waals surface area contributed by atoms with Gasteiger partial charge in [0.2, 0.25) is 0 Å². The Bertz CT molecular complexity index is 204. The molecule has 0 aromatic rings. The minimum Gasteiger partial charge on any atom is -0.396 e. The van der Waals surface area contributed by atoms with Crippen LogP contribution in [0.3, 0.4) is 0 Å². The molecule has 0 saturated heterocycles. The molecule has 0 aliphatic heterocycles. The van der Waals surface area contributed by atoms with Crippen LogP contribution in [-0.4, -0.2) is 24.8 Å². The number of aliphatic hydroxyl groups excluding tert-OH is 1. The zero-order valence-corrected chi connectivity index (χ0v) is 9.05. The molecule has 0 bridgehead atoms. The lowest BCUT2D eigenvalue weighted by atomic mass is 9.80. The number of aliphatic hydroxyl groups is 1. The number of rotatable bonds is 4. The molecular weight excluding hydrogens is 174 g/mol. The monoisotopic (exact) mass is 195 g/mol. The first-order chi connectivity index (χ1) is 6.88. The summed E-state index contributed by atoms with van der Waals surface area (Å²) in [6.07, 6.45) is 5.07. The molecule has 2 N–H and O–H groups in total. The molecule has 2 heteroatoms. The summed E-state index contributed by atoms with van der Waals surface area (Å²) in [4.78, 5) is 0. The van der Waals surface area contributed by atoms with Crippen LogP contribution in [0.15, 0.2) is 0 Å². The van der Waals surface area contributed by atoms with E-state index >= 15 is 0 Å². The third-order valence-corrected chi connectivity index (χ3v) is 3.10. The quantitative estimate of drug-likeness (QED) is 0.525. The molecule has 0 aromatic heterocycles. The van der Waals surface area contributed by atoms with Crippen LogP contribution in [-0.2, 0) is 0 Å². The van der Waals surface area contributed by atoms with Gasteiger partial charge in [-0.25, -0.2) is 0 Å². The Kier molecular flexibility index (Phi) is 5.66. The fraction of sp³-hybridized carbons (Fsp3) is 0.833. The predicted molar refractivity (Wildman–Crippen MR) is 58.9 cm³/mol. The summed E-state index contributed by atoms with van der Waals surface area (Å²) < 4.78 is 0. The summed E-state index contributed by atoms with van der Waals surface area (Å²) in [6, 6.07) is 0. The molecule has 0 aromatic carbocycles. The maximum atomic E-state index is 9.21. The van der Waals surface area contributed by atoms with Crippen molar-refractivity contribution in [1.82, 2.24) is 5.32 Å². The highest BCUT2D eigenvalue weighted by Gasteiger charge is 2.23. The van der Waals surface area contributed by atoms with Crippen molar-refractivity contribution in [2.24, 2.45) is 11.8 Å². The van der Waals surface area contributed by atoms with E-state index in [4.69, 9.17) is 0 Å². The first kappa shape index (κ1) is 11.6. The maximum absolute atomic E-state index is 9.21. The lowest BCUT2D eigenvalue weighted by molar-refractivity contribution is 0.134. The van der Waals surface area contributed by atoms with E-state index in [1.807, 2.05) is 6.92 Å². The fourth-order valence-corrected chi connectivity index (χ4v) is 2.20. The van der Waals surface area contributed by atoms with Gasteiger partial charge in [0, 0.05) is 6.61 Å². The molecule has 0 heterocycles. The molecule has 0 spiro atoms. The summed E-state index contributed by atoms with van der Waals surface area (Å²) in [6.45, 7) is 4.01. The van der Waals surface area contributed by atoms with Gasteiger partial charge in [-0.3, -0.25) is 0 Å². The third kappa shape index (κ3) is 3.69. The SMILES string of the molecule is CC#CCNCC1CCCCC1CO. The molecule has 0 radical (unpaired) electrons. The van der Waals surface area contributed by atoms with Gasteiger partial charge in [0.15, 0.2) is 0 Å². The van der Waals surface area contributed by atoms with E-state index in [0.717, 1.165) is 13.1 Å². The van der Waals surface area contributed by atoms with Gasteiger partial charge in [-0.2, -0.15) is 0 Å². The molecule has 14 heavy (non-hydrogen) atoms. The van der Waals surface area contributed by atoms with Crippen LogP contribution < -0.4 is 5.32 Å². The van der Waals surface area contributed by atoms with Gasteiger partial charge in [-0.15, -0.1) is 5.92 Å². The topological polar surface area (TPSA) is 32.3 Å². The third-order valence-electron chi connectivity index (χ3n) is 3.10. The molecule has 1 aliphatic carbocycles. The number of hydrogen-bond donors (Lipinski definition) is 2. The second-order valence-electron chi connectivity index (χ2n) is 4.04. The van der Waals surface area contributed by atoms with E-state index in [-0.39, 0.29) is 0 Å². The summed E-state index contributed by atoms with van der Waals surface area (Å²) in [5.74, 6) is 7.04. The number of nitrogens with one attached hydrogen (secondary N) is 1. The first-order valence-electron chi connectivity index (χ1n) is 5.59. The molecule has 1 rings (SSSR count). The molecule has 2 unspecified atom stereocenters. The van der Waals surface area contributed by atoms with Gasteiger partial charge in [-0.1, -0.05) is 18.8 Å². The molecule has 1 saturated carbocycles. The lowest BCUT2D eigenvalue weighted by Crippen LogP contribution is -2.32. The van der Waals surface area contributed by atoms with Crippen LogP contribution in [0.25, 0.3) is 0 Å². The fourth-order valence-electron chi connectivity index (χ4n) is 2.20. The Morgan fingerprint density at radius 3 is 2.64 bits per heavy atom. The van der Waals surface area contributed by atoms with Crippen molar-refractivity contribution < 1.29 is 5.11 Å². The van der Waals surface area contributed by atoms with Crippen LogP contribution in [0.1, 0.15) is 32.6 Å². The van der Waals surface area contributed by atoms with E-state index in [2.05, 4.69) is 17.2 Å². The van der Waals surface area contributed by atoms with Crippen LogP contribution in [0, 0.1) is 23.7 Å². The number of hydrogen-bond acceptors (Lipinski definition) is 2. The Morgan fingerprint density at radius 1 is 1.29 bits per heavy atom. The van der Waals surface area contributed by atoms with Crippen LogP contribution in [0.2, 0.25) is 0 Å². The molecule has 1 fully saturated rings. The Morgan fingerprint density at radius 2 is 2.00 bits per heavy atom. The zero-order valence-electron chi connectivity index (χ0n) is 9.05. The van der Waals surface area contributed by atoms with E-state index < -0.39 is 0 Å². The molecule has 2 nitrogen and oxygen atoms in total. The van der Waals surface area contributed by atoms with Crippen molar-refractivity contribution in [2.45, 2.75) is 32.6 Å². The normalized spacial score (nSPS) is 26.7. The van der Waals surface area contributed by atoms with Gasteiger partial charge < -0.3 is 10.4 Å². The highest BCUT2D eigenvalue weighted by Crippen LogP contribution is 2.28. The predicted octanol–water partition coefficient (Wildman–Crippen LogP) is 1.40. The van der Waals surface area contributed by atoms with E-state index in [9.17, 15) is 5.11 Å². The molecule has 0 amide bonds. The van der Waals surface area contributed by atoms with Crippen molar-refractivity contribution >= 4 is 0 Å². The molecule has 2 atom stereocenters. The average molecular weight is 195 g/mol. The van der Waals surface area contributed by atoms with Crippen LogP contribution in [0.4, 0.5) is 0 Å². The molecule has 80 valence electrons. The first-order valence-corrected chi connectivity index (χ1v) is 5.59. The zero-order chi connectivity index (χ0) is 10.2. The highest BCUT2D eigenvalue weighted by molar-refractivity contribution is 4.97. The minimum atomic E-state index is 0.353. The second-order valence-corrected chi connectivity index (χ2v) is 4.04. The minimum absolute atomic E-state index is 0.353. The summed E-state index contributed by atoms with van der Waals surface area (Å²) in [5, 5.41) is 12.5. The summed E-state index contributed by atoms with van der Waals surface area (Å²) in [5.41, 5.74) is 0. The van der Waals surface area contributed by atoms with E-state index in [1.165, 1.54) is 25.7 Å². The summed E-state index contributed by atoms with van der Waals surface area (Å²) >= 11 is 0. The van der Waals surface area contributed by atoms with E-state index in [1.54, 1.807) is 0 Å². The van der Waals surface area contributed by atoms with Crippen molar-refractivity contribution in [3.8, 4) is 11.8 Å². The second kappa shape index (κ2) is 6.86. The van der Waals surface area contributed by atoms with Gasteiger partial charge in [0.1, 0.15) is 0 Å². The van der Waals surface area contributed by atoms with Crippen LogP contribution >= 0.6 is 0 Å². The summed E-state index contributed by atoms with van der Waals surface area (Å²) in [7, 11) is 0. The van der Waals surface area contributed by atoms with Gasteiger partial charge in [0.25, 0.3) is 0 Å². The van der Waals surface area contributed by atoms with Crippen molar-refractivity contribution in [3.05, 3.63) is 0 Å². The Labute approximate surface area is 87.1 Å². The Hall–Kier alpha value is -0.520. The van der Waals surface area contributed by atoms with Crippen molar-refractivity contribution in [2.75, 3.05) is 19.7 Å². The van der Waals surface area contributed by atoms with Gasteiger partial charge >= 0.3 is 0 Å². The standard InChI is InChI=1S/C12H21NO/c1-2-3-8-13-9-11-6-4-5-7-12(11)10-14/h11-14H,4-10H2,1H3. The highest BCUT2D eigenvalue weighted by atomic mass is 16.3. The van der Waals surface area contributed by atoms with Crippen molar-refractivity contribution in [3.63, 3.8) is 0 Å². The van der Waals surface area contributed by atoms with Crippen LogP contribution in [0.5, 0.6) is 0 Å². The van der Waals surface area contributed by atoms with Gasteiger partial charge in [0.05, 0.1) is 6.54 Å². The molecule has 1 aliphatic rings. The largest absolute Gasteiger partial charge is 0.396 e. The lowest BCUT2D eigenvalue weighted by Gasteiger charge is -2.30. The maximum Gasteiger partial charge on any atom is 0.0576 e. The average Bonchev–Trinajstić information content (AvgIpc) is 2.25. The van der Waals surface area contributed by atoms with Crippen molar-refractivity contribution in [1.29, 1.82) is 0 Å². The molecular formula is C12H21NO.